The SMILES string of the molecule is CCOC(C)(C)CNc1cc(Br)ccc1C(=O)O. The number of carboxylic acids is 1. The molecule has 1 aromatic carbocycles. The number of aromatic carboxylic acids is 1. The van der Waals surface area contributed by atoms with Gasteiger partial charge in [-0.15, -0.1) is 0 Å². The van der Waals surface area contributed by atoms with E-state index >= 15 is 0 Å². The first-order valence-electron chi connectivity index (χ1n) is 5.76. The second-order valence-corrected chi connectivity index (χ2v) is 5.46. The van der Waals surface area contributed by atoms with Gasteiger partial charge >= 0.3 is 5.97 Å². The molecule has 0 fully saturated rings. The molecule has 0 aliphatic carbocycles. The predicted molar refractivity (Wildman–Crippen MR) is 75.3 cm³/mol. The Hall–Kier alpha value is -1.07. The molecule has 100 valence electrons. The third kappa shape index (κ3) is 4.31. The van der Waals surface area contributed by atoms with E-state index in [0.717, 1.165) is 4.47 Å². The minimum Gasteiger partial charge on any atom is -0.478 e. The summed E-state index contributed by atoms with van der Waals surface area (Å²) in [5.41, 5.74) is 0.502. The van der Waals surface area contributed by atoms with Gasteiger partial charge < -0.3 is 15.2 Å². The van der Waals surface area contributed by atoms with Gasteiger partial charge in [0.1, 0.15) is 0 Å². The van der Waals surface area contributed by atoms with Crippen LogP contribution in [-0.4, -0.2) is 29.8 Å². The molecule has 2 N–H and O–H groups in total. The van der Waals surface area contributed by atoms with Crippen LogP contribution in [0.3, 0.4) is 0 Å². The van der Waals surface area contributed by atoms with E-state index in [9.17, 15) is 4.79 Å². The van der Waals surface area contributed by atoms with E-state index in [1.165, 1.54) is 0 Å². The summed E-state index contributed by atoms with van der Waals surface area (Å²) in [6, 6.07) is 5.04. The summed E-state index contributed by atoms with van der Waals surface area (Å²) in [7, 11) is 0. The highest BCUT2D eigenvalue weighted by Crippen LogP contribution is 2.22. The minimum absolute atomic E-state index is 0.255. The maximum atomic E-state index is 11.1. The summed E-state index contributed by atoms with van der Waals surface area (Å²) in [6.45, 7) is 7.02. The molecular weight excluding hydrogens is 298 g/mol. The van der Waals surface area contributed by atoms with Crippen molar-refractivity contribution in [2.45, 2.75) is 26.4 Å². The van der Waals surface area contributed by atoms with E-state index in [2.05, 4.69) is 21.2 Å². The minimum atomic E-state index is -0.945. The molecule has 0 atom stereocenters. The number of anilines is 1. The van der Waals surface area contributed by atoms with Crippen LogP contribution in [0.2, 0.25) is 0 Å². The highest BCUT2D eigenvalue weighted by Gasteiger charge is 2.19. The Bertz CT molecular complexity index is 432. The van der Waals surface area contributed by atoms with Gasteiger partial charge in [0.15, 0.2) is 0 Å². The number of carboxylic acid groups (broad SMARTS) is 1. The lowest BCUT2D eigenvalue weighted by molar-refractivity contribution is 0.000658. The molecule has 0 amide bonds. The normalized spacial score (nSPS) is 11.3. The van der Waals surface area contributed by atoms with Crippen LogP contribution in [0.5, 0.6) is 0 Å². The van der Waals surface area contributed by atoms with Gasteiger partial charge in [-0.1, -0.05) is 15.9 Å². The van der Waals surface area contributed by atoms with Crippen molar-refractivity contribution in [1.82, 2.24) is 0 Å². The van der Waals surface area contributed by atoms with Crippen LogP contribution in [0.1, 0.15) is 31.1 Å². The Labute approximate surface area is 115 Å². The summed E-state index contributed by atoms with van der Waals surface area (Å²) in [5, 5.41) is 12.2. The third-order valence-electron chi connectivity index (χ3n) is 2.45. The van der Waals surface area contributed by atoms with Crippen molar-refractivity contribution in [3.8, 4) is 0 Å². The third-order valence-corrected chi connectivity index (χ3v) is 2.94. The van der Waals surface area contributed by atoms with Crippen molar-refractivity contribution in [3.63, 3.8) is 0 Å². The first kappa shape index (κ1) is 15.0. The van der Waals surface area contributed by atoms with Crippen molar-refractivity contribution < 1.29 is 14.6 Å². The summed E-state index contributed by atoms with van der Waals surface area (Å²) in [5.74, 6) is -0.945. The van der Waals surface area contributed by atoms with Crippen molar-refractivity contribution in [3.05, 3.63) is 28.2 Å². The molecule has 0 saturated carbocycles. The molecular formula is C13H18BrNO3. The lowest BCUT2D eigenvalue weighted by Crippen LogP contribution is -2.33. The maximum absolute atomic E-state index is 11.1. The molecule has 4 nitrogen and oxygen atoms in total. The van der Waals surface area contributed by atoms with E-state index < -0.39 is 5.97 Å². The van der Waals surface area contributed by atoms with Crippen molar-refractivity contribution >= 4 is 27.6 Å². The van der Waals surface area contributed by atoms with Crippen LogP contribution >= 0.6 is 15.9 Å². The second-order valence-electron chi connectivity index (χ2n) is 4.54. The van der Waals surface area contributed by atoms with E-state index in [1.807, 2.05) is 20.8 Å². The first-order valence-corrected chi connectivity index (χ1v) is 6.55. The number of hydrogen-bond donors (Lipinski definition) is 2. The molecule has 0 aliphatic heterocycles. The molecule has 0 spiro atoms. The van der Waals surface area contributed by atoms with Gasteiger partial charge in [-0.3, -0.25) is 0 Å². The number of carbonyl (C=O) groups is 1. The molecule has 5 heteroatoms. The molecule has 0 radical (unpaired) electrons. The van der Waals surface area contributed by atoms with Crippen molar-refractivity contribution in [2.24, 2.45) is 0 Å². The Morgan fingerprint density at radius 2 is 2.17 bits per heavy atom. The Morgan fingerprint density at radius 1 is 1.50 bits per heavy atom. The lowest BCUT2D eigenvalue weighted by Gasteiger charge is -2.26. The average Bonchev–Trinajstić information content (AvgIpc) is 2.26. The number of hydrogen-bond acceptors (Lipinski definition) is 3. The zero-order valence-corrected chi connectivity index (χ0v) is 12.4. The number of ether oxygens (including phenoxy) is 1. The van der Waals surface area contributed by atoms with E-state index in [1.54, 1.807) is 18.2 Å². The van der Waals surface area contributed by atoms with Gasteiger partial charge in [-0.25, -0.2) is 4.79 Å². The van der Waals surface area contributed by atoms with Gasteiger partial charge in [0.2, 0.25) is 0 Å². The van der Waals surface area contributed by atoms with Crippen LogP contribution in [-0.2, 0) is 4.74 Å². The fourth-order valence-electron chi connectivity index (χ4n) is 1.60. The summed E-state index contributed by atoms with van der Waals surface area (Å²) >= 11 is 3.33. The monoisotopic (exact) mass is 315 g/mol. The quantitative estimate of drug-likeness (QED) is 0.845. The van der Waals surface area contributed by atoms with Gasteiger partial charge in [0.25, 0.3) is 0 Å². The largest absolute Gasteiger partial charge is 0.478 e. The van der Waals surface area contributed by atoms with E-state index in [0.29, 0.717) is 18.8 Å². The standard InChI is InChI=1S/C13H18BrNO3/c1-4-18-13(2,3)8-15-11-7-9(14)5-6-10(11)12(16)17/h5-7,15H,4,8H2,1-3H3,(H,16,17). The first-order chi connectivity index (χ1) is 8.35. The Balaban J connectivity index is 2.83. The van der Waals surface area contributed by atoms with Gasteiger partial charge in [-0.05, 0) is 39.0 Å². The van der Waals surface area contributed by atoms with Crippen LogP contribution in [0.15, 0.2) is 22.7 Å². The molecule has 0 aliphatic rings. The highest BCUT2D eigenvalue weighted by atomic mass is 79.9. The second kappa shape index (κ2) is 6.20. The topological polar surface area (TPSA) is 58.6 Å². The van der Waals surface area contributed by atoms with Gasteiger partial charge in [0.05, 0.1) is 11.2 Å². The van der Waals surface area contributed by atoms with E-state index in [4.69, 9.17) is 9.84 Å². The molecule has 1 rings (SSSR count). The van der Waals surface area contributed by atoms with Crippen LogP contribution in [0.4, 0.5) is 5.69 Å². The number of benzene rings is 1. The molecule has 0 aromatic heterocycles. The molecule has 18 heavy (non-hydrogen) atoms. The predicted octanol–water partition coefficient (Wildman–Crippen LogP) is 3.37. The van der Waals surface area contributed by atoms with Gasteiger partial charge in [-0.2, -0.15) is 0 Å². The zero-order valence-electron chi connectivity index (χ0n) is 10.8. The number of rotatable bonds is 6. The van der Waals surface area contributed by atoms with Crippen LogP contribution in [0, 0.1) is 0 Å². The summed E-state index contributed by atoms with van der Waals surface area (Å²) in [4.78, 5) is 11.1. The Kier molecular flexibility index (Phi) is 5.16. The lowest BCUT2D eigenvalue weighted by atomic mass is 10.1. The smallest absolute Gasteiger partial charge is 0.337 e. The molecule has 0 saturated heterocycles. The van der Waals surface area contributed by atoms with Crippen LogP contribution < -0.4 is 5.32 Å². The highest BCUT2D eigenvalue weighted by molar-refractivity contribution is 9.10. The fraction of sp³-hybridized carbons (Fsp3) is 0.462. The van der Waals surface area contributed by atoms with E-state index in [-0.39, 0.29) is 11.2 Å². The molecule has 0 unspecified atom stereocenters. The maximum Gasteiger partial charge on any atom is 0.337 e. The van der Waals surface area contributed by atoms with Crippen LogP contribution in [0.25, 0.3) is 0 Å². The number of nitrogens with one attached hydrogen (secondary N) is 1. The van der Waals surface area contributed by atoms with Crippen molar-refractivity contribution in [2.75, 3.05) is 18.5 Å². The number of halogens is 1. The Morgan fingerprint density at radius 3 is 2.72 bits per heavy atom. The van der Waals surface area contributed by atoms with Crippen molar-refractivity contribution in [1.29, 1.82) is 0 Å². The average molecular weight is 316 g/mol. The fourth-order valence-corrected chi connectivity index (χ4v) is 1.96. The molecule has 0 heterocycles. The summed E-state index contributed by atoms with van der Waals surface area (Å²) < 4.78 is 6.40. The molecule has 1 aromatic rings. The van der Waals surface area contributed by atoms with Gasteiger partial charge in [0, 0.05) is 23.3 Å². The summed E-state index contributed by atoms with van der Waals surface area (Å²) in [6.07, 6.45) is 0. The molecule has 0 bridgehead atoms. The zero-order chi connectivity index (χ0) is 13.8.